The molecular weight excluding hydrogens is 416 g/mol. The van der Waals surface area contributed by atoms with E-state index in [0.29, 0.717) is 5.95 Å². The topological polar surface area (TPSA) is 70.2 Å². The molecule has 29 heavy (non-hydrogen) atoms. The number of nitrogens with one attached hydrogen (secondary N) is 2. The lowest BCUT2D eigenvalue weighted by molar-refractivity contribution is 0.0926. The van der Waals surface area contributed by atoms with Crippen LogP contribution in [0.2, 0.25) is 5.02 Å². The molecule has 6 nitrogen and oxygen atoms in total. The van der Waals surface area contributed by atoms with Gasteiger partial charge in [0.05, 0.1) is 0 Å². The van der Waals surface area contributed by atoms with Crippen molar-refractivity contribution in [2.45, 2.75) is 44.7 Å². The first-order valence-electron chi connectivity index (χ1n) is 9.36. The molecule has 2 aromatic rings. The lowest BCUT2D eigenvalue weighted by Crippen LogP contribution is -2.40. The van der Waals surface area contributed by atoms with E-state index in [4.69, 9.17) is 11.6 Å². The van der Waals surface area contributed by atoms with Gasteiger partial charge in [0.1, 0.15) is 11.6 Å². The quantitative estimate of drug-likeness (QED) is 0.726. The summed E-state index contributed by atoms with van der Waals surface area (Å²) in [5, 5.41) is 6.60. The van der Waals surface area contributed by atoms with Crippen LogP contribution >= 0.6 is 24.0 Å². The summed E-state index contributed by atoms with van der Waals surface area (Å²) in [6, 6.07) is 6.12. The second-order valence-electron chi connectivity index (χ2n) is 7.41. The van der Waals surface area contributed by atoms with Gasteiger partial charge in [0.25, 0.3) is 5.91 Å². The Labute approximate surface area is 181 Å². The Bertz CT molecular complexity index is 837. The molecule has 2 N–H and O–H groups in total. The van der Waals surface area contributed by atoms with Crippen LogP contribution in [0.4, 0.5) is 16.2 Å². The number of hydrogen-bond donors (Lipinski definition) is 2. The first-order chi connectivity index (χ1) is 13.3. The van der Waals surface area contributed by atoms with Crippen molar-refractivity contribution in [2.24, 2.45) is 0 Å². The van der Waals surface area contributed by atoms with Gasteiger partial charge < -0.3 is 15.5 Å². The highest BCUT2D eigenvalue weighted by molar-refractivity contribution is 6.31. The fraction of sp³-hybridized carbons (Fsp3) is 0.450. The molecule has 9 heteroatoms. The molecule has 1 fully saturated rings. The van der Waals surface area contributed by atoms with Crippen molar-refractivity contribution >= 4 is 41.7 Å². The van der Waals surface area contributed by atoms with E-state index in [1.807, 2.05) is 32.0 Å². The monoisotopic (exact) mass is 441 g/mol. The SMILES string of the molecule is Cc1cc(N(C)C)nc(NC2CCC(NC(=O)c3cc(F)cc(Cl)c3)CC2)n1.Cl. The number of aromatic nitrogens is 2. The Kier molecular flexibility index (Phi) is 8.05. The lowest BCUT2D eigenvalue weighted by atomic mass is 9.91. The van der Waals surface area contributed by atoms with Gasteiger partial charge in [-0.3, -0.25) is 4.79 Å². The Morgan fingerprint density at radius 2 is 1.76 bits per heavy atom. The lowest BCUT2D eigenvalue weighted by Gasteiger charge is -2.30. The summed E-state index contributed by atoms with van der Waals surface area (Å²) >= 11 is 5.83. The molecule has 1 aliphatic carbocycles. The van der Waals surface area contributed by atoms with Gasteiger partial charge in [-0.25, -0.2) is 9.37 Å². The van der Waals surface area contributed by atoms with E-state index in [2.05, 4.69) is 20.6 Å². The van der Waals surface area contributed by atoms with Gasteiger partial charge in [0, 0.05) is 48.5 Å². The van der Waals surface area contributed by atoms with Crippen molar-refractivity contribution in [3.8, 4) is 0 Å². The minimum absolute atomic E-state index is 0. The molecule has 0 saturated heterocycles. The average molecular weight is 442 g/mol. The number of carbonyl (C=O) groups is 1. The van der Waals surface area contributed by atoms with E-state index in [9.17, 15) is 9.18 Å². The molecular formula is C20H26Cl2FN5O. The van der Waals surface area contributed by atoms with E-state index in [-0.39, 0.29) is 41.0 Å². The molecule has 1 heterocycles. The van der Waals surface area contributed by atoms with Crippen LogP contribution in [-0.4, -0.2) is 42.1 Å². The van der Waals surface area contributed by atoms with Gasteiger partial charge in [0.15, 0.2) is 0 Å². The zero-order chi connectivity index (χ0) is 20.3. The Balaban J connectivity index is 0.00000300. The minimum atomic E-state index is -0.513. The summed E-state index contributed by atoms with van der Waals surface area (Å²) in [4.78, 5) is 23.3. The predicted octanol–water partition coefficient (Wildman–Crippen LogP) is 4.22. The van der Waals surface area contributed by atoms with Crippen LogP contribution in [0.5, 0.6) is 0 Å². The maximum atomic E-state index is 13.4. The highest BCUT2D eigenvalue weighted by Crippen LogP contribution is 2.23. The number of halogens is 3. The third-order valence-electron chi connectivity index (χ3n) is 4.82. The molecule has 1 aromatic carbocycles. The van der Waals surface area contributed by atoms with E-state index in [1.54, 1.807) is 0 Å². The van der Waals surface area contributed by atoms with Crippen molar-refractivity contribution in [1.82, 2.24) is 15.3 Å². The van der Waals surface area contributed by atoms with Crippen LogP contribution in [0.25, 0.3) is 0 Å². The molecule has 0 unspecified atom stereocenters. The molecule has 0 aliphatic heterocycles. The second kappa shape index (κ2) is 10.1. The second-order valence-corrected chi connectivity index (χ2v) is 7.85. The highest BCUT2D eigenvalue weighted by Gasteiger charge is 2.23. The number of hydrogen-bond acceptors (Lipinski definition) is 5. The summed E-state index contributed by atoms with van der Waals surface area (Å²) in [5.74, 6) is 0.687. The summed E-state index contributed by atoms with van der Waals surface area (Å²) < 4.78 is 13.4. The number of aryl methyl sites for hydroxylation is 1. The smallest absolute Gasteiger partial charge is 0.251 e. The number of nitrogens with zero attached hydrogens (tertiary/aromatic N) is 3. The first-order valence-corrected chi connectivity index (χ1v) is 9.74. The van der Waals surface area contributed by atoms with Crippen LogP contribution in [0.1, 0.15) is 41.7 Å². The molecule has 1 saturated carbocycles. The van der Waals surface area contributed by atoms with Crippen molar-refractivity contribution in [3.05, 3.63) is 46.4 Å². The van der Waals surface area contributed by atoms with Gasteiger partial charge >= 0.3 is 0 Å². The number of benzene rings is 1. The summed E-state index contributed by atoms with van der Waals surface area (Å²) in [6.45, 7) is 1.95. The Hall–Kier alpha value is -2.12. The third-order valence-corrected chi connectivity index (χ3v) is 5.04. The maximum Gasteiger partial charge on any atom is 0.251 e. The molecule has 0 atom stereocenters. The fourth-order valence-electron chi connectivity index (χ4n) is 3.36. The molecule has 3 rings (SSSR count). The highest BCUT2D eigenvalue weighted by atomic mass is 35.5. The van der Waals surface area contributed by atoms with Crippen LogP contribution < -0.4 is 15.5 Å². The van der Waals surface area contributed by atoms with Gasteiger partial charge in [-0.05, 0) is 50.8 Å². The van der Waals surface area contributed by atoms with E-state index < -0.39 is 5.82 Å². The molecule has 0 radical (unpaired) electrons. The van der Waals surface area contributed by atoms with Gasteiger partial charge in [0.2, 0.25) is 5.95 Å². The van der Waals surface area contributed by atoms with Crippen molar-refractivity contribution < 1.29 is 9.18 Å². The van der Waals surface area contributed by atoms with E-state index >= 15 is 0 Å². The van der Waals surface area contributed by atoms with Crippen molar-refractivity contribution in [3.63, 3.8) is 0 Å². The number of anilines is 2. The van der Waals surface area contributed by atoms with Crippen LogP contribution in [-0.2, 0) is 0 Å². The van der Waals surface area contributed by atoms with Crippen LogP contribution in [0.15, 0.2) is 24.3 Å². The Morgan fingerprint density at radius 3 is 2.38 bits per heavy atom. The minimum Gasteiger partial charge on any atom is -0.363 e. The van der Waals surface area contributed by atoms with Gasteiger partial charge in [-0.1, -0.05) is 11.6 Å². The molecule has 0 bridgehead atoms. The first kappa shape index (κ1) is 23.2. The molecule has 1 amide bonds. The van der Waals surface area contributed by atoms with Crippen LogP contribution in [0.3, 0.4) is 0 Å². The number of carbonyl (C=O) groups excluding carboxylic acids is 1. The van der Waals surface area contributed by atoms with Crippen LogP contribution in [0, 0.1) is 12.7 Å². The maximum absolute atomic E-state index is 13.4. The molecule has 158 valence electrons. The van der Waals surface area contributed by atoms with Gasteiger partial charge in [-0.15, -0.1) is 12.4 Å². The van der Waals surface area contributed by atoms with Gasteiger partial charge in [-0.2, -0.15) is 4.98 Å². The molecule has 1 aliphatic rings. The third kappa shape index (κ3) is 6.44. The summed E-state index contributed by atoms with van der Waals surface area (Å²) in [7, 11) is 3.90. The number of amides is 1. The van der Waals surface area contributed by atoms with E-state index in [1.165, 1.54) is 18.2 Å². The predicted molar refractivity (Wildman–Crippen MR) is 117 cm³/mol. The standard InChI is InChI=1S/C20H25ClFN5O.ClH/c1-12-8-18(27(2)3)26-20(23-12)25-17-6-4-16(5-7-17)24-19(28)13-9-14(21)11-15(22)10-13;/h8-11,16-17H,4-7H2,1-3H3,(H,24,28)(H,23,25,26);1H. The molecule has 0 spiro atoms. The van der Waals surface area contributed by atoms with E-state index in [0.717, 1.165) is 37.2 Å². The summed E-state index contributed by atoms with van der Waals surface area (Å²) in [5.41, 5.74) is 1.16. The largest absolute Gasteiger partial charge is 0.363 e. The zero-order valence-electron chi connectivity index (χ0n) is 16.7. The fourth-order valence-corrected chi connectivity index (χ4v) is 3.59. The van der Waals surface area contributed by atoms with Crippen molar-refractivity contribution in [2.75, 3.05) is 24.3 Å². The zero-order valence-corrected chi connectivity index (χ0v) is 18.3. The Morgan fingerprint density at radius 1 is 1.10 bits per heavy atom. The normalized spacial score (nSPS) is 18.5. The molecule has 1 aromatic heterocycles. The van der Waals surface area contributed by atoms with Crippen molar-refractivity contribution in [1.29, 1.82) is 0 Å². The average Bonchev–Trinajstić information content (AvgIpc) is 2.62. The summed E-state index contributed by atoms with van der Waals surface area (Å²) in [6.07, 6.45) is 3.45. The number of rotatable bonds is 5.